The molecule has 3 aromatic heterocycles. The molecule has 2 fully saturated rings. The Labute approximate surface area is 358 Å². The Morgan fingerprint density at radius 1 is 0.774 bits per heavy atom. The Bertz CT molecular complexity index is 2560. The van der Waals surface area contributed by atoms with Crippen LogP contribution < -0.4 is 10.6 Å². The van der Waals surface area contributed by atoms with E-state index in [1.165, 1.54) is 20.3 Å². The zero-order chi connectivity index (χ0) is 43.5. The van der Waals surface area contributed by atoms with Crippen LogP contribution in [0, 0.1) is 11.7 Å². The topological polar surface area (TPSA) is 191 Å². The fourth-order valence-electron chi connectivity index (χ4n) is 8.63. The molecule has 0 aliphatic carbocycles. The highest BCUT2D eigenvalue weighted by molar-refractivity contribution is 5.89. The minimum atomic E-state index is -0.946. The average molecular weight is 844 g/mol. The molecule has 2 aliphatic rings. The quantitative estimate of drug-likeness (QED) is 0.0829. The predicted octanol–water partition coefficient (Wildman–Crippen LogP) is 7.42. The number of aliphatic hydroxyl groups is 1. The number of likely N-dealkylation sites (tertiary alicyclic amines) is 2. The number of H-pyrrole nitrogens is 2. The lowest BCUT2D eigenvalue weighted by molar-refractivity contribution is -0.134. The van der Waals surface area contributed by atoms with E-state index in [4.69, 9.17) is 19.4 Å². The summed E-state index contributed by atoms with van der Waals surface area (Å²) >= 11 is 0. The number of halogens is 1. The number of aromatic nitrogens is 5. The van der Waals surface area contributed by atoms with Gasteiger partial charge >= 0.3 is 12.2 Å². The molecule has 8 rings (SSSR count). The second-order valence-corrected chi connectivity index (χ2v) is 16.1. The number of aliphatic hydroxyl groups excluding tert-OH is 1. The molecule has 0 saturated carbocycles. The first-order valence-electron chi connectivity index (χ1n) is 20.8. The maximum absolute atomic E-state index is 15.9. The van der Waals surface area contributed by atoms with Crippen molar-refractivity contribution < 1.29 is 33.4 Å². The molecule has 0 radical (unpaired) electrons. The van der Waals surface area contributed by atoms with E-state index in [-0.39, 0.29) is 23.9 Å². The predicted molar refractivity (Wildman–Crippen MR) is 230 cm³/mol. The Morgan fingerprint density at radius 3 is 2.19 bits per heavy atom. The number of methoxy groups -OCH3 is 2. The third-order valence-electron chi connectivity index (χ3n) is 11.9. The van der Waals surface area contributed by atoms with E-state index in [2.05, 4.69) is 25.6 Å². The summed E-state index contributed by atoms with van der Waals surface area (Å²) in [5, 5.41) is 18.6. The van der Waals surface area contributed by atoms with Crippen molar-refractivity contribution >= 4 is 28.9 Å². The molecular formula is C46H50FN9O6. The van der Waals surface area contributed by atoms with Crippen molar-refractivity contribution in [2.24, 2.45) is 5.92 Å². The molecule has 3 amide bonds. The number of rotatable bonds is 12. The molecule has 2 aliphatic heterocycles. The number of fused-ring (bicyclic) bond motifs is 1. The van der Waals surface area contributed by atoms with Gasteiger partial charge in [-0.1, -0.05) is 62.4 Å². The lowest BCUT2D eigenvalue weighted by Crippen LogP contribution is -2.54. The normalized spacial score (nSPS) is 18.1. The zero-order valence-electron chi connectivity index (χ0n) is 35.0. The fraction of sp³-hybridized carbons (Fsp3) is 0.348. The summed E-state index contributed by atoms with van der Waals surface area (Å²) in [6, 6.07) is 19.9. The van der Waals surface area contributed by atoms with E-state index < -0.39 is 36.3 Å². The third-order valence-corrected chi connectivity index (χ3v) is 11.9. The minimum absolute atomic E-state index is 0.0338. The molecule has 5 heterocycles. The molecule has 2 saturated heterocycles. The van der Waals surface area contributed by atoms with Gasteiger partial charge in [0.1, 0.15) is 29.7 Å². The molecule has 6 aromatic rings. The maximum Gasteiger partial charge on any atom is 0.407 e. The largest absolute Gasteiger partial charge is 0.453 e. The second-order valence-electron chi connectivity index (χ2n) is 16.1. The first-order chi connectivity index (χ1) is 30.0. The number of amides is 3. The van der Waals surface area contributed by atoms with Gasteiger partial charge in [-0.05, 0) is 66.8 Å². The molecule has 5 atom stereocenters. The monoisotopic (exact) mass is 843 g/mol. The number of hydrogen-bond donors (Lipinski definition) is 5. The summed E-state index contributed by atoms with van der Waals surface area (Å²) in [5.74, 6) is 0.492. The van der Waals surface area contributed by atoms with E-state index in [0.717, 1.165) is 47.1 Å². The highest BCUT2D eigenvalue weighted by Gasteiger charge is 2.39. The van der Waals surface area contributed by atoms with Gasteiger partial charge in [-0.3, -0.25) is 14.7 Å². The van der Waals surface area contributed by atoms with Gasteiger partial charge in [0.2, 0.25) is 0 Å². The van der Waals surface area contributed by atoms with Crippen molar-refractivity contribution in [1.82, 2.24) is 45.4 Å². The van der Waals surface area contributed by atoms with Crippen LogP contribution in [-0.4, -0.2) is 97.5 Å². The Morgan fingerprint density at radius 2 is 1.45 bits per heavy atom. The summed E-state index contributed by atoms with van der Waals surface area (Å²) in [7, 11) is 2.56. The first-order valence-corrected chi connectivity index (χ1v) is 20.8. The summed E-state index contributed by atoms with van der Waals surface area (Å²) in [6.07, 6.45) is 5.98. The molecule has 322 valence electrons. The van der Waals surface area contributed by atoms with Crippen molar-refractivity contribution in [2.75, 3.05) is 27.3 Å². The van der Waals surface area contributed by atoms with Crippen LogP contribution in [0.2, 0.25) is 0 Å². The minimum Gasteiger partial charge on any atom is -0.453 e. The lowest BCUT2D eigenvalue weighted by atomic mass is 10.0. The summed E-state index contributed by atoms with van der Waals surface area (Å²) in [5.41, 5.74) is 4.39. The number of alkyl carbamates (subject to hydrolysis) is 2. The molecule has 3 aromatic carbocycles. The molecule has 15 nitrogen and oxygen atoms in total. The molecule has 0 bridgehead atoms. The van der Waals surface area contributed by atoms with Gasteiger partial charge < -0.3 is 40.1 Å². The SMILES string of the molecule is COC(=O)N[C@@H](C(C)C)C(O)N1CCC[C@H]1c1ncc(-c2ccc3cc(-c4ccc(-c5cnc([C@@H]6CCCN6C(=O)[C@H](NC(=O)OC)c6ccccc6)[nH]5)c(F)c4)ncc3c2)[nH]1. The Balaban J connectivity index is 0.959. The molecule has 16 heteroatoms. The second kappa shape index (κ2) is 18.1. The van der Waals surface area contributed by atoms with E-state index >= 15 is 4.39 Å². The summed E-state index contributed by atoms with van der Waals surface area (Å²) in [6.45, 7) is 5.02. The number of aromatic amines is 2. The van der Waals surface area contributed by atoms with Crippen molar-refractivity contribution in [1.29, 1.82) is 0 Å². The number of pyridine rings is 1. The van der Waals surface area contributed by atoms with Crippen LogP contribution in [0.4, 0.5) is 14.0 Å². The van der Waals surface area contributed by atoms with Crippen molar-refractivity contribution in [3.05, 3.63) is 114 Å². The standard InChI is InChI=1S/C46H50FN9O6/c1-26(2)39(53-45(59)61-3)43(57)55-18-8-12-37(55)41-49-24-35(51-41)29-15-14-28-22-34(48-23-31(28)20-29)30-16-17-32(33(47)21-30)36-25-50-42(52-36)38-13-9-19-56(38)44(58)40(54-46(60)62-4)27-10-6-5-7-11-27/h5-7,10-11,14-17,20-26,37-40,43,57H,8-9,12-13,18-19H2,1-4H3,(H,49,51)(H,50,52)(H,53,59)(H,54,60)/t37-,38-,39-,40+,43?/m0/s1. The first kappa shape index (κ1) is 42.1. The number of benzene rings is 3. The van der Waals surface area contributed by atoms with Crippen LogP contribution in [0.15, 0.2) is 91.4 Å². The van der Waals surface area contributed by atoms with Gasteiger partial charge in [-0.2, -0.15) is 0 Å². The highest BCUT2D eigenvalue weighted by Crippen LogP contribution is 2.37. The number of hydrogen-bond acceptors (Lipinski definition) is 10. The number of carbonyl (C=O) groups is 3. The van der Waals surface area contributed by atoms with Crippen LogP contribution in [0.25, 0.3) is 44.5 Å². The van der Waals surface area contributed by atoms with Crippen LogP contribution in [0.5, 0.6) is 0 Å². The zero-order valence-corrected chi connectivity index (χ0v) is 35.0. The molecule has 0 spiro atoms. The Hall–Kier alpha value is -6.65. The number of nitrogens with zero attached hydrogens (tertiary/aromatic N) is 5. The lowest BCUT2D eigenvalue weighted by Gasteiger charge is -2.35. The van der Waals surface area contributed by atoms with Gasteiger partial charge in [0, 0.05) is 41.4 Å². The van der Waals surface area contributed by atoms with Crippen LogP contribution >= 0.6 is 0 Å². The van der Waals surface area contributed by atoms with Crippen LogP contribution in [-0.2, 0) is 14.3 Å². The third kappa shape index (κ3) is 8.60. The van der Waals surface area contributed by atoms with Gasteiger partial charge in [0.15, 0.2) is 0 Å². The van der Waals surface area contributed by atoms with Crippen LogP contribution in [0.1, 0.15) is 74.9 Å². The Kier molecular flexibility index (Phi) is 12.3. The van der Waals surface area contributed by atoms with Crippen molar-refractivity contribution in [3.8, 4) is 33.8 Å². The summed E-state index contributed by atoms with van der Waals surface area (Å²) < 4.78 is 25.5. The van der Waals surface area contributed by atoms with Crippen molar-refractivity contribution in [2.45, 2.75) is 69.9 Å². The maximum atomic E-state index is 15.9. The molecule has 1 unspecified atom stereocenters. The number of ether oxygens (including phenoxy) is 2. The smallest absolute Gasteiger partial charge is 0.407 e. The van der Waals surface area contributed by atoms with E-state index in [9.17, 15) is 19.5 Å². The van der Waals surface area contributed by atoms with Gasteiger partial charge in [0.25, 0.3) is 5.91 Å². The highest BCUT2D eigenvalue weighted by atomic mass is 19.1. The molecule has 5 N–H and O–H groups in total. The van der Waals surface area contributed by atoms with E-state index in [1.54, 1.807) is 53.8 Å². The van der Waals surface area contributed by atoms with Gasteiger partial charge in [-0.15, -0.1) is 0 Å². The van der Waals surface area contributed by atoms with E-state index in [1.807, 2.05) is 55.1 Å². The average Bonchev–Trinajstić information content (AvgIpc) is 4.14. The van der Waals surface area contributed by atoms with Gasteiger partial charge in [-0.25, -0.2) is 23.9 Å². The van der Waals surface area contributed by atoms with Crippen LogP contribution in [0.3, 0.4) is 0 Å². The number of nitrogens with one attached hydrogen (secondary N) is 4. The van der Waals surface area contributed by atoms with Gasteiger partial charge in [0.05, 0.1) is 61.8 Å². The molecular weight excluding hydrogens is 794 g/mol. The number of carbonyl (C=O) groups excluding carboxylic acids is 3. The van der Waals surface area contributed by atoms with E-state index in [0.29, 0.717) is 53.4 Å². The number of imidazole rings is 2. The summed E-state index contributed by atoms with van der Waals surface area (Å²) in [4.78, 5) is 62.5. The fourth-order valence-corrected chi connectivity index (χ4v) is 8.63. The molecule has 62 heavy (non-hydrogen) atoms. The van der Waals surface area contributed by atoms with Crippen molar-refractivity contribution in [3.63, 3.8) is 0 Å².